The van der Waals surface area contributed by atoms with Gasteiger partial charge in [0, 0.05) is 18.8 Å². The molecule has 2 heterocycles. The lowest BCUT2D eigenvalue weighted by molar-refractivity contribution is -0.136. The van der Waals surface area contributed by atoms with Crippen LogP contribution in [-0.4, -0.2) is 47.0 Å². The maximum atomic E-state index is 12.7. The number of thioether (sulfide) groups is 1. The van der Waals surface area contributed by atoms with Gasteiger partial charge in [-0.3, -0.25) is 4.79 Å². The van der Waals surface area contributed by atoms with E-state index in [-0.39, 0.29) is 18.4 Å². The number of ether oxygens (including phenoxy) is 1. The molecule has 0 N–H and O–H groups in total. The molecule has 2 aliphatic heterocycles. The second kappa shape index (κ2) is 8.65. The molecule has 0 spiro atoms. The summed E-state index contributed by atoms with van der Waals surface area (Å²) in [7, 11) is 1.38. The van der Waals surface area contributed by atoms with Crippen molar-refractivity contribution in [1.82, 2.24) is 9.80 Å². The molecule has 0 aromatic heterocycles. The number of carbonyl (C=O) groups excluding carboxylic acids is 2. The zero-order valence-electron chi connectivity index (χ0n) is 16.6. The van der Waals surface area contributed by atoms with Crippen LogP contribution >= 0.6 is 11.8 Å². The van der Waals surface area contributed by atoms with Gasteiger partial charge < -0.3 is 14.5 Å². The number of fused-ring (bicyclic) bond motifs is 1. The summed E-state index contributed by atoms with van der Waals surface area (Å²) >= 11 is 1.48. The third kappa shape index (κ3) is 3.71. The van der Waals surface area contributed by atoms with E-state index in [0.29, 0.717) is 24.4 Å². The average molecular weight is 400 g/mol. The molecule has 1 atom stereocenters. The maximum absolute atomic E-state index is 12.7. The first kappa shape index (κ1) is 20.2. The van der Waals surface area contributed by atoms with Crippen LogP contribution in [0.1, 0.15) is 38.8 Å². The van der Waals surface area contributed by atoms with Gasteiger partial charge >= 0.3 is 5.97 Å². The predicted molar refractivity (Wildman–Crippen MR) is 111 cm³/mol. The number of esters is 1. The minimum absolute atomic E-state index is 0.0656. The molecule has 148 valence electrons. The van der Waals surface area contributed by atoms with Gasteiger partial charge in [0.05, 0.1) is 30.8 Å². The highest BCUT2D eigenvalue weighted by Crippen LogP contribution is 2.44. The van der Waals surface area contributed by atoms with Gasteiger partial charge in [0.2, 0.25) is 5.91 Å². The number of rotatable bonds is 6. The second-order valence-electron chi connectivity index (χ2n) is 6.54. The van der Waals surface area contributed by atoms with Crippen LogP contribution in [0.4, 0.5) is 0 Å². The number of hydrogen-bond donors (Lipinski definition) is 0. The van der Waals surface area contributed by atoms with Crippen molar-refractivity contribution in [2.75, 3.05) is 20.2 Å². The van der Waals surface area contributed by atoms with Crippen molar-refractivity contribution >= 4 is 28.8 Å². The van der Waals surface area contributed by atoms with Crippen LogP contribution in [0.25, 0.3) is 0 Å². The van der Waals surface area contributed by atoms with Crippen molar-refractivity contribution in [1.29, 1.82) is 0 Å². The van der Waals surface area contributed by atoms with Gasteiger partial charge in [0.25, 0.3) is 0 Å². The van der Waals surface area contributed by atoms with E-state index >= 15 is 0 Å². The van der Waals surface area contributed by atoms with Gasteiger partial charge in [0.15, 0.2) is 5.17 Å². The van der Waals surface area contributed by atoms with Crippen molar-refractivity contribution in [2.45, 2.75) is 33.2 Å². The molecular formula is C21H25N3O3S. The summed E-state index contributed by atoms with van der Waals surface area (Å²) in [4.78, 5) is 33.8. The highest BCUT2D eigenvalue weighted by molar-refractivity contribution is 8.16. The molecule has 0 aliphatic carbocycles. The van der Waals surface area contributed by atoms with Gasteiger partial charge in [0.1, 0.15) is 0 Å². The summed E-state index contributed by atoms with van der Waals surface area (Å²) in [6, 6.07) is 9.42. The Bertz CT molecular complexity index is 857. The molecule has 2 aliphatic rings. The van der Waals surface area contributed by atoms with E-state index in [9.17, 15) is 9.59 Å². The van der Waals surface area contributed by atoms with Crippen LogP contribution in [0.3, 0.4) is 0 Å². The van der Waals surface area contributed by atoms with Crippen LogP contribution < -0.4 is 0 Å². The Balaban J connectivity index is 2.02. The second-order valence-corrected chi connectivity index (χ2v) is 7.37. The van der Waals surface area contributed by atoms with E-state index in [1.54, 1.807) is 0 Å². The summed E-state index contributed by atoms with van der Waals surface area (Å²) in [6.07, 6.45) is 0.268. The number of hydrogen-bond acceptors (Lipinski definition) is 6. The molecule has 28 heavy (non-hydrogen) atoms. The van der Waals surface area contributed by atoms with Crippen molar-refractivity contribution in [3.05, 3.63) is 58.3 Å². The number of allylic oxidation sites excluding steroid dienone is 1. The van der Waals surface area contributed by atoms with Crippen LogP contribution in [-0.2, 0) is 14.3 Å². The summed E-state index contributed by atoms with van der Waals surface area (Å²) in [6.45, 7) is 7.12. The Kier molecular flexibility index (Phi) is 6.24. The first-order valence-electron chi connectivity index (χ1n) is 9.37. The number of benzene rings is 1. The van der Waals surface area contributed by atoms with E-state index in [1.165, 1.54) is 18.9 Å². The number of methoxy groups -OCH3 is 1. The molecule has 0 bridgehead atoms. The molecular weight excluding hydrogens is 374 g/mol. The maximum Gasteiger partial charge on any atom is 0.338 e. The number of amidine groups is 1. The zero-order valence-corrected chi connectivity index (χ0v) is 17.5. The number of nitrogens with zero attached hydrogens (tertiary/aromatic N) is 3. The molecule has 7 heteroatoms. The average Bonchev–Trinajstić information content (AvgIpc) is 3.10. The van der Waals surface area contributed by atoms with Gasteiger partial charge in [-0.25, -0.2) is 9.79 Å². The topological polar surface area (TPSA) is 62.2 Å². The van der Waals surface area contributed by atoms with E-state index < -0.39 is 5.97 Å². The molecule has 1 aromatic carbocycles. The minimum atomic E-state index is -0.402. The normalized spacial score (nSPS) is 18.4. The summed E-state index contributed by atoms with van der Waals surface area (Å²) in [5.41, 5.74) is 2.95. The summed E-state index contributed by atoms with van der Waals surface area (Å²) in [5, 5.41) is 2.74. The zero-order chi connectivity index (χ0) is 20.3. The highest BCUT2D eigenvalue weighted by atomic mass is 32.2. The van der Waals surface area contributed by atoms with Crippen LogP contribution in [0.15, 0.2) is 57.7 Å². The largest absolute Gasteiger partial charge is 0.466 e. The number of amides is 1. The van der Waals surface area contributed by atoms with Gasteiger partial charge in [-0.2, -0.15) is 0 Å². The molecule has 0 radical (unpaired) electrons. The minimum Gasteiger partial charge on any atom is -0.466 e. The lowest BCUT2D eigenvalue weighted by atomic mass is 9.94. The fraction of sp³-hybridized carbons (Fsp3) is 0.381. The van der Waals surface area contributed by atoms with Gasteiger partial charge in [-0.05, 0) is 31.7 Å². The molecule has 1 amide bonds. The Morgan fingerprint density at radius 3 is 2.50 bits per heavy atom. The number of aliphatic imine (C=N–C) groups is 1. The SMILES string of the molecule is CCN(CC)C(=O)CC1=CSC2=NC(C)=C(C(=O)OC)C(c3ccccc3)N12. The molecule has 0 fully saturated rings. The fourth-order valence-corrected chi connectivity index (χ4v) is 4.50. The Hall–Kier alpha value is -2.54. The van der Waals surface area contributed by atoms with Crippen LogP contribution in [0.5, 0.6) is 0 Å². The first-order chi connectivity index (χ1) is 13.5. The van der Waals surface area contributed by atoms with E-state index in [1.807, 2.05) is 66.3 Å². The van der Waals surface area contributed by atoms with Crippen molar-refractivity contribution in [3.8, 4) is 0 Å². The monoisotopic (exact) mass is 399 g/mol. The van der Waals surface area contributed by atoms with Crippen molar-refractivity contribution in [2.24, 2.45) is 4.99 Å². The molecule has 1 aromatic rings. The van der Waals surface area contributed by atoms with Crippen LogP contribution in [0, 0.1) is 0 Å². The van der Waals surface area contributed by atoms with E-state index in [0.717, 1.165) is 16.4 Å². The Labute approximate surface area is 169 Å². The quantitative estimate of drug-likeness (QED) is 0.683. The molecule has 1 unspecified atom stereocenters. The molecule has 3 rings (SSSR count). The standard InChI is InChI=1S/C21H25N3O3S/c1-5-23(6-2)17(25)12-16-13-28-21-22-14(3)18(20(26)27-4)19(24(16)21)15-10-8-7-9-11-15/h7-11,13,19H,5-6,12H2,1-4H3. The van der Waals surface area contributed by atoms with E-state index in [4.69, 9.17) is 4.74 Å². The smallest absolute Gasteiger partial charge is 0.338 e. The van der Waals surface area contributed by atoms with E-state index in [2.05, 4.69) is 4.99 Å². The fourth-order valence-electron chi connectivity index (χ4n) is 3.53. The molecule has 6 nitrogen and oxygen atoms in total. The van der Waals surface area contributed by atoms with Crippen molar-refractivity contribution < 1.29 is 14.3 Å². The molecule has 0 saturated carbocycles. The predicted octanol–water partition coefficient (Wildman–Crippen LogP) is 3.69. The third-order valence-corrected chi connectivity index (χ3v) is 5.86. The van der Waals surface area contributed by atoms with Gasteiger partial charge in [-0.15, -0.1) is 0 Å². The Morgan fingerprint density at radius 1 is 1.21 bits per heavy atom. The number of carbonyl (C=O) groups is 2. The lowest BCUT2D eigenvalue weighted by Crippen LogP contribution is -2.38. The molecule has 0 saturated heterocycles. The lowest BCUT2D eigenvalue weighted by Gasteiger charge is -2.36. The van der Waals surface area contributed by atoms with Crippen LogP contribution in [0.2, 0.25) is 0 Å². The summed E-state index contributed by atoms with van der Waals surface area (Å²) < 4.78 is 5.06. The van der Waals surface area contributed by atoms with Gasteiger partial charge in [-0.1, -0.05) is 42.1 Å². The van der Waals surface area contributed by atoms with Crippen molar-refractivity contribution in [3.63, 3.8) is 0 Å². The summed E-state index contributed by atoms with van der Waals surface area (Å²) in [5.74, 6) is -0.337. The third-order valence-electron chi connectivity index (χ3n) is 4.97. The Morgan fingerprint density at radius 2 is 1.89 bits per heavy atom. The highest BCUT2D eigenvalue weighted by Gasteiger charge is 2.41. The first-order valence-corrected chi connectivity index (χ1v) is 10.2.